The Balaban J connectivity index is 2.48. The molecule has 0 saturated carbocycles. The molecule has 130 valence electrons. The molecule has 1 unspecified atom stereocenters. The molecule has 0 spiro atoms. The van der Waals surface area contributed by atoms with Crippen molar-refractivity contribution in [3.8, 4) is 11.5 Å². The lowest BCUT2D eigenvalue weighted by atomic mass is 9.87. The third-order valence-corrected chi connectivity index (χ3v) is 4.84. The van der Waals surface area contributed by atoms with Crippen LogP contribution in [0.2, 0.25) is 0 Å². The maximum atomic E-state index is 5.82. The van der Waals surface area contributed by atoms with Crippen molar-refractivity contribution in [2.45, 2.75) is 52.6 Å². The maximum absolute atomic E-state index is 5.82. The molecule has 23 heavy (non-hydrogen) atoms. The summed E-state index contributed by atoms with van der Waals surface area (Å²) in [7, 11) is 3.57. The number of fused-ring (bicyclic) bond motifs is 1. The minimum absolute atomic E-state index is 0.422. The molecular weight excluding hydrogens is 288 g/mol. The summed E-state index contributed by atoms with van der Waals surface area (Å²) in [6.07, 6.45) is 3.25. The minimum atomic E-state index is 0.422. The number of nitrogens with one attached hydrogen (secondary N) is 1. The maximum Gasteiger partial charge on any atom is 0.127 e. The standard InChI is InChI=1S/C19H32N2O2/c1-6-10-20-13-14-12-17(22-4)18-15(19(14)23-5)9-11-21(8-3)16(18)7-2/h12,16,20H,6-11,13H2,1-5H3. The number of likely N-dealkylation sites (N-methyl/N-ethyl adjacent to an activating group) is 1. The smallest absolute Gasteiger partial charge is 0.127 e. The van der Waals surface area contributed by atoms with Gasteiger partial charge in [0.2, 0.25) is 0 Å². The van der Waals surface area contributed by atoms with Crippen LogP contribution < -0.4 is 14.8 Å². The molecule has 1 atom stereocenters. The van der Waals surface area contributed by atoms with Gasteiger partial charge in [-0.05, 0) is 38.4 Å². The summed E-state index contributed by atoms with van der Waals surface area (Å²) in [6, 6.07) is 2.59. The van der Waals surface area contributed by atoms with Crippen LogP contribution in [0.1, 0.15) is 56.3 Å². The Morgan fingerprint density at radius 1 is 1.22 bits per heavy atom. The Kier molecular flexibility index (Phi) is 6.72. The molecule has 0 aliphatic carbocycles. The van der Waals surface area contributed by atoms with E-state index in [-0.39, 0.29) is 0 Å². The zero-order valence-corrected chi connectivity index (χ0v) is 15.4. The molecule has 1 aliphatic rings. The van der Waals surface area contributed by atoms with Crippen LogP contribution in [0.25, 0.3) is 0 Å². The second-order valence-corrected chi connectivity index (χ2v) is 6.14. The zero-order chi connectivity index (χ0) is 16.8. The van der Waals surface area contributed by atoms with Gasteiger partial charge in [-0.3, -0.25) is 4.90 Å². The number of hydrogen-bond donors (Lipinski definition) is 1. The predicted molar refractivity (Wildman–Crippen MR) is 95.5 cm³/mol. The molecule has 0 saturated heterocycles. The molecule has 0 amide bonds. The van der Waals surface area contributed by atoms with E-state index in [1.54, 1.807) is 14.2 Å². The highest BCUT2D eigenvalue weighted by molar-refractivity contribution is 5.56. The van der Waals surface area contributed by atoms with Crippen molar-refractivity contribution >= 4 is 0 Å². The SMILES string of the molecule is CCCNCc1cc(OC)c2c(c1OC)CCN(CC)C2CC. The van der Waals surface area contributed by atoms with Crippen LogP contribution in [-0.4, -0.2) is 38.8 Å². The number of methoxy groups -OCH3 is 2. The van der Waals surface area contributed by atoms with E-state index in [1.807, 2.05) is 0 Å². The Labute approximate surface area is 141 Å². The summed E-state index contributed by atoms with van der Waals surface area (Å²) in [4.78, 5) is 2.54. The highest BCUT2D eigenvalue weighted by atomic mass is 16.5. The molecule has 0 bridgehead atoms. The van der Waals surface area contributed by atoms with Crippen LogP contribution in [0.15, 0.2) is 6.07 Å². The second kappa shape index (κ2) is 8.55. The van der Waals surface area contributed by atoms with Gasteiger partial charge in [0.15, 0.2) is 0 Å². The highest BCUT2D eigenvalue weighted by Gasteiger charge is 2.31. The van der Waals surface area contributed by atoms with Gasteiger partial charge in [0.05, 0.1) is 14.2 Å². The molecule has 1 aliphatic heterocycles. The van der Waals surface area contributed by atoms with E-state index in [2.05, 4.69) is 37.1 Å². The van der Waals surface area contributed by atoms with Crippen molar-refractivity contribution in [1.29, 1.82) is 0 Å². The van der Waals surface area contributed by atoms with Crippen molar-refractivity contribution in [3.05, 3.63) is 22.8 Å². The lowest BCUT2D eigenvalue weighted by Gasteiger charge is -2.38. The average molecular weight is 320 g/mol. The van der Waals surface area contributed by atoms with Crippen molar-refractivity contribution in [2.24, 2.45) is 0 Å². The van der Waals surface area contributed by atoms with Crippen LogP contribution in [0.3, 0.4) is 0 Å². The van der Waals surface area contributed by atoms with E-state index in [1.165, 1.54) is 16.7 Å². The van der Waals surface area contributed by atoms with Gasteiger partial charge in [-0.2, -0.15) is 0 Å². The number of rotatable bonds is 8. The molecule has 1 aromatic rings. The van der Waals surface area contributed by atoms with Gasteiger partial charge in [-0.25, -0.2) is 0 Å². The van der Waals surface area contributed by atoms with Gasteiger partial charge in [-0.15, -0.1) is 0 Å². The lowest BCUT2D eigenvalue weighted by Crippen LogP contribution is -2.35. The van der Waals surface area contributed by atoms with Gasteiger partial charge < -0.3 is 14.8 Å². The Morgan fingerprint density at radius 3 is 2.57 bits per heavy atom. The first-order valence-electron chi connectivity index (χ1n) is 8.93. The molecule has 4 heteroatoms. The first-order valence-corrected chi connectivity index (χ1v) is 8.93. The van der Waals surface area contributed by atoms with Crippen molar-refractivity contribution in [3.63, 3.8) is 0 Å². The predicted octanol–water partition coefficient (Wildman–Crippen LogP) is 3.53. The summed E-state index contributed by atoms with van der Waals surface area (Å²) >= 11 is 0. The molecule has 0 radical (unpaired) electrons. The third-order valence-electron chi connectivity index (χ3n) is 4.84. The second-order valence-electron chi connectivity index (χ2n) is 6.14. The Morgan fingerprint density at radius 2 is 2.00 bits per heavy atom. The van der Waals surface area contributed by atoms with Gasteiger partial charge in [0, 0.05) is 35.8 Å². The molecule has 0 aromatic heterocycles. The van der Waals surface area contributed by atoms with Crippen LogP contribution in [0.4, 0.5) is 0 Å². The summed E-state index contributed by atoms with van der Waals surface area (Å²) in [5.41, 5.74) is 3.88. The fourth-order valence-corrected chi connectivity index (χ4v) is 3.77. The van der Waals surface area contributed by atoms with E-state index in [0.29, 0.717) is 6.04 Å². The fraction of sp³-hybridized carbons (Fsp3) is 0.684. The Bertz CT molecular complexity index is 517. The lowest BCUT2D eigenvalue weighted by molar-refractivity contribution is 0.183. The zero-order valence-electron chi connectivity index (χ0n) is 15.4. The fourth-order valence-electron chi connectivity index (χ4n) is 3.77. The summed E-state index contributed by atoms with van der Waals surface area (Å²) in [5, 5.41) is 3.48. The van der Waals surface area contributed by atoms with E-state index in [0.717, 1.165) is 56.9 Å². The summed E-state index contributed by atoms with van der Waals surface area (Å²) < 4.78 is 11.6. The number of hydrogen-bond acceptors (Lipinski definition) is 4. The number of ether oxygens (including phenoxy) is 2. The first-order chi connectivity index (χ1) is 11.2. The average Bonchev–Trinajstić information content (AvgIpc) is 2.59. The van der Waals surface area contributed by atoms with Crippen LogP contribution >= 0.6 is 0 Å². The number of benzene rings is 1. The van der Waals surface area contributed by atoms with E-state index >= 15 is 0 Å². The molecule has 0 fully saturated rings. The molecule has 1 N–H and O–H groups in total. The van der Waals surface area contributed by atoms with Gasteiger partial charge in [0.1, 0.15) is 11.5 Å². The normalized spacial score (nSPS) is 17.9. The largest absolute Gasteiger partial charge is 0.496 e. The molecule has 1 aromatic carbocycles. The quantitative estimate of drug-likeness (QED) is 0.743. The first kappa shape index (κ1) is 18.1. The molecular formula is C19H32N2O2. The molecule has 4 nitrogen and oxygen atoms in total. The monoisotopic (exact) mass is 320 g/mol. The van der Waals surface area contributed by atoms with Gasteiger partial charge in [-0.1, -0.05) is 20.8 Å². The topological polar surface area (TPSA) is 33.7 Å². The molecule has 2 rings (SSSR count). The highest BCUT2D eigenvalue weighted by Crippen LogP contribution is 2.44. The number of nitrogens with zero attached hydrogens (tertiary/aromatic N) is 1. The van der Waals surface area contributed by atoms with Crippen LogP contribution in [0.5, 0.6) is 11.5 Å². The van der Waals surface area contributed by atoms with Gasteiger partial charge >= 0.3 is 0 Å². The summed E-state index contributed by atoms with van der Waals surface area (Å²) in [6.45, 7) is 10.7. The van der Waals surface area contributed by atoms with Crippen molar-refractivity contribution < 1.29 is 9.47 Å². The third kappa shape index (κ3) is 3.64. The van der Waals surface area contributed by atoms with Crippen LogP contribution in [0, 0.1) is 0 Å². The van der Waals surface area contributed by atoms with Crippen molar-refractivity contribution in [1.82, 2.24) is 10.2 Å². The minimum Gasteiger partial charge on any atom is -0.496 e. The Hall–Kier alpha value is -1.26. The van der Waals surface area contributed by atoms with E-state index < -0.39 is 0 Å². The molecule has 1 heterocycles. The van der Waals surface area contributed by atoms with Crippen LogP contribution in [-0.2, 0) is 13.0 Å². The van der Waals surface area contributed by atoms with Crippen molar-refractivity contribution in [2.75, 3.05) is 33.9 Å². The van der Waals surface area contributed by atoms with Gasteiger partial charge in [0.25, 0.3) is 0 Å². The van der Waals surface area contributed by atoms with E-state index in [9.17, 15) is 0 Å². The van der Waals surface area contributed by atoms with E-state index in [4.69, 9.17) is 9.47 Å². The summed E-state index contributed by atoms with van der Waals surface area (Å²) in [5.74, 6) is 2.07.